The molecule has 2 aromatic heterocycles. The molecule has 0 aliphatic rings. The Labute approximate surface area is 130 Å². The van der Waals surface area contributed by atoms with E-state index in [-0.39, 0.29) is 5.69 Å². The van der Waals surface area contributed by atoms with E-state index in [0.29, 0.717) is 22.5 Å². The number of hydrogen-bond acceptors (Lipinski definition) is 4. The maximum Gasteiger partial charge on any atom is 0.360 e. The molecule has 1 aromatic carbocycles. The molecule has 0 fully saturated rings. The van der Waals surface area contributed by atoms with E-state index in [4.69, 9.17) is 27.6 Å². The number of benzene rings is 1. The standard InChI is InChI=1S/C14H10Cl2N2O3/c1-20-14(19)11-7-21-12(17-11)6-18-3-2-8-4-9(15)5-10(16)13(8)18/h2-5,7H,6H2,1H3. The summed E-state index contributed by atoms with van der Waals surface area (Å²) in [4.78, 5) is 15.4. The van der Waals surface area contributed by atoms with E-state index >= 15 is 0 Å². The van der Waals surface area contributed by atoms with Gasteiger partial charge in [-0.25, -0.2) is 9.78 Å². The van der Waals surface area contributed by atoms with E-state index in [1.807, 2.05) is 22.9 Å². The van der Waals surface area contributed by atoms with Gasteiger partial charge in [0, 0.05) is 16.6 Å². The summed E-state index contributed by atoms with van der Waals surface area (Å²) < 4.78 is 11.7. The van der Waals surface area contributed by atoms with Gasteiger partial charge in [0.15, 0.2) is 5.69 Å². The van der Waals surface area contributed by atoms with Crippen molar-refractivity contribution in [3.05, 3.63) is 52.3 Å². The average molecular weight is 325 g/mol. The van der Waals surface area contributed by atoms with Crippen molar-refractivity contribution in [2.24, 2.45) is 0 Å². The fourth-order valence-corrected chi connectivity index (χ4v) is 2.74. The molecule has 0 atom stereocenters. The van der Waals surface area contributed by atoms with E-state index in [9.17, 15) is 4.79 Å². The second kappa shape index (κ2) is 5.42. The minimum Gasteiger partial charge on any atom is -0.464 e. The van der Waals surface area contributed by atoms with Crippen LogP contribution in [0.4, 0.5) is 0 Å². The van der Waals surface area contributed by atoms with Crippen LogP contribution in [0.1, 0.15) is 16.4 Å². The molecule has 5 nitrogen and oxygen atoms in total. The highest BCUT2D eigenvalue weighted by atomic mass is 35.5. The highest BCUT2D eigenvalue weighted by molar-refractivity contribution is 6.38. The van der Waals surface area contributed by atoms with Crippen LogP contribution in [-0.4, -0.2) is 22.6 Å². The third kappa shape index (κ3) is 2.62. The maximum atomic E-state index is 11.3. The van der Waals surface area contributed by atoms with Gasteiger partial charge in [0.1, 0.15) is 6.26 Å². The van der Waals surface area contributed by atoms with Gasteiger partial charge in [0.25, 0.3) is 0 Å². The molecule has 0 bridgehead atoms. The van der Waals surface area contributed by atoms with Crippen LogP contribution in [0.25, 0.3) is 10.9 Å². The maximum absolute atomic E-state index is 11.3. The molecule has 3 aromatic rings. The fourth-order valence-electron chi connectivity index (χ4n) is 2.12. The molecule has 0 unspecified atom stereocenters. The van der Waals surface area contributed by atoms with Gasteiger partial charge in [-0.05, 0) is 18.2 Å². The van der Waals surface area contributed by atoms with Gasteiger partial charge in [-0.3, -0.25) is 0 Å². The van der Waals surface area contributed by atoms with Crippen molar-refractivity contribution in [2.75, 3.05) is 7.11 Å². The predicted octanol–water partition coefficient (Wildman–Crippen LogP) is 3.77. The Kier molecular flexibility index (Phi) is 3.61. The van der Waals surface area contributed by atoms with E-state index in [1.54, 1.807) is 6.07 Å². The fraction of sp³-hybridized carbons (Fsp3) is 0.143. The minimum absolute atomic E-state index is 0.137. The number of rotatable bonds is 3. The van der Waals surface area contributed by atoms with E-state index in [0.717, 1.165) is 10.9 Å². The third-order valence-corrected chi connectivity index (χ3v) is 3.54. The van der Waals surface area contributed by atoms with Crippen LogP contribution in [-0.2, 0) is 11.3 Å². The number of oxazole rings is 1. The molecule has 0 aliphatic heterocycles. The van der Waals surface area contributed by atoms with Gasteiger partial charge in [0.2, 0.25) is 5.89 Å². The summed E-state index contributed by atoms with van der Waals surface area (Å²) in [5.41, 5.74) is 0.969. The van der Waals surface area contributed by atoms with Crippen LogP contribution in [0.5, 0.6) is 0 Å². The quantitative estimate of drug-likeness (QED) is 0.688. The number of ether oxygens (including phenoxy) is 1. The van der Waals surface area contributed by atoms with Crippen molar-refractivity contribution in [1.29, 1.82) is 0 Å². The van der Waals surface area contributed by atoms with Crippen molar-refractivity contribution in [3.8, 4) is 0 Å². The first kappa shape index (κ1) is 14.0. The summed E-state index contributed by atoms with van der Waals surface area (Å²) in [5, 5.41) is 2.05. The zero-order valence-electron chi connectivity index (χ0n) is 11.0. The van der Waals surface area contributed by atoms with Crippen molar-refractivity contribution in [2.45, 2.75) is 6.54 Å². The summed E-state index contributed by atoms with van der Waals surface area (Å²) in [7, 11) is 1.29. The Balaban J connectivity index is 1.95. The lowest BCUT2D eigenvalue weighted by molar-refractivity contribution is 0.0594. The normalized spacial score (nSPS) is 11.0. The third-order valence-electron chi connectivity index (χ3n) is 3.03. The molecular formula is C14H10Cl2N2O3. The molecular weight excluding hydrogens is 315 g/mol. The molecule has 0 amide bonds. The number of aromatic nitrogens is 2. The largest absolute Gasteiger partial charge is 0.464 e. The van der Waals surface area contributed by atoms with Crippen molar-refractivity contribution in [3.63, 3.8) is 0 Å². The van der Waals surface area contributed by atoms with Crippen molar-refractivity contribution < 1.29 is 13.9 Å². The number of methoxy groups -OCH3 is 1. The molecule has 7 heteroatoms. The van der Waals surface area contributed by atoms with Gasteiger partial charge in [0.05, 0.1) is 24.2 Å². The highest BCUT2D eigenvalue weighted by Crippen LogP contribution is 2.29. The van der Waals surface area contributed by atoms with Gasteiger partial charge < -0.3 is 13.7 Å². The van der Waals surface area contributed by atoms with Crippen LogP contribution in [0, 0.1) is 0 Å². The van der Waals surface area contributed by atoms with E-state index in [1.165, 1.54) is 13.4 Å². The summed E-state index contributed by atoms with van der Waals surface area (Å²) in [6.45, 7) is 0.349. The van der Waals surface area contributed by atoms with Gasteiger partial charge in [-0.1, -0.05) is 23.2 Å². The zero-order valence-corrected chi connectivity index (χ0v) is 12.5. The average Bonchev–Trinajstić information content (AvgIpc) is 3.06. The van der Waals surface area contributed by atoms with Gasteiger partial charge in [-0.2, -0.15) is 0 Å². The van der Waals surface area contributed by atoms with Gasteiger partial charge in [-0.15, -0.1) is 0 Å². The Morgan fingerprint density at radius 2 is 2.24 bits per heavy atom. The summed E-state index contributed by atoms with van der Waals surface area (Å²) in [5.74, 6) is -0.147. The lowest BCUT2D eigenvalue weighted by atomic mass is 10.2. The molecule has 3 rings (SSSR count). The number of carbonyl (C=O) groups excluding carboxylic acids is 1. The molecule has 0 aliphatic carbocycles. The number of carbonyl (C=O) groups is 1. The second-order valence-corrected chi connectivity index (χ2v) is 5.23. The number of esters is 1. The monoisotopic (exact) mass is 324 g/mol. The van der Waals surface area contributed by atoms with Crippen LogP contribution < -0.4 is 0 Å². The first-order valence-electron chi connectivity index (χ1n) is 6.05. The Hall–Kier alpha value is -1.98. The summed E-state index contributed by atoms with van der Waals surface area (Å²) >= 11 is 12.2. The molecule has 0 saturated heterocycles. The first-order valence-corrected chi connectivity index (χ1v) is 6.80. The number of fused-ring (bicyclic) bond motifs is 1. The van der Waals surface area contributed by atoms with Crippen LogP contribution in [0.15, 0.2) is 35.1 Å². The summed E-state index contributed by atoms with van der Waals surface area (Å²) in [6, 6.07) is 5.41. The molecule has 2 heterocycles. The Morgan fingerprint density at radius 3 is 3.00 bits per heavy atom. The number of nitrogens with zero attached hydrogens (tertiary/aromatic N) is 2. The molecule has 108 valence electrons. The SMILES string of the molecule is COC(=O)c1coc(Cn2ccc3cc(Cl)cc(Cl)c32)n1. The van der Waals surface area contributed by atoms with Gasteiger partial charge >= 0.3 is 5.97 Å². The highest BCUT2D eigenvalue weighted by Gasteiger charge is 2.14. The molecule has 0 spiro atoms. The zero-order chi connectivity index (χ0) is 15.0. The number of halogens is 2. The second-order valence-electron chi connectivity index (χ2n) is 4.39. The smallest absolute Gasteiger partial charge is 0.360 e. The van der Waals surface area contributed by atoms with Crippen molar-refractivity contribution >= 4 is 40.1 Å². The van der Waals surface area contributed by atoms with Crippen LogP contribution in [0.3, 0.4) is 0 Å². The lowest BCUT2D eigenvalue weighted by Gasteiger charge is -2.04. The minimum atomic E-state index is -0.535. The Bertz CT molecular complexity index is 823. The van der Waals surface area contributed by atoms with E-state index in [2.05, 4.69) is 9.72 Å². The molecule has 21 heavy (non-hydrogen) atoms. The van der Waals surface area contributed by atoms with Crippen LogP contribution >= 0.6 is 23.2 Å². The first-order chi connectivity index (χ1) is 10.1. The lowest BCUT2D eigenvalue weighted by Crippen LogP contribution is -2.03. The van der Waals surface area contributed by atoms with E-state index < -0.39 is 5.97 Å². The molecule has 0 saturated carbocycles. The summed E-state index contributed by atoms with van der Waals surface area (Å²) in [6.07, 6.45) is 3.13. The van der Waals surface area contributed by atoms with Crippen molar-refractivity contribution in [1.82, 2.24) is 9.55 Å². The molecule has 0 N–H and O–H groups in total. The Morgan fingerprint density at radius 1 is 1.43 bits per heavy atom. The van der Waals surface area contributed by atoms with Crippen LogP contribution in [0.2, 0.25) is 10.0 Å². The topological polar surface area (TPSA) is 57.3 Å². The molecule has 0 radical (unpaired) electrons. The number of hydrogen-bond donors (Lipinski definition) is 0. The predicted molar refractivity (Wildman–Crippen MR) is 78.9 cm³/mol.